The summed E-state index contributed by atoms with van der Waals surface area (Å²) in [6.45, 7) is 4.50. The third-order valence-electron chi connectivity index (χ3n) is 7.47. The van der Waals surface area contributed by atoms with E-state index in [1.54, 1.807) is 0 Å². The molecule has 4 heteroatoms. The molecule has 188 valence electrons. The van der Waals surface area contributed by atoms with Crippen molar-refractivity contribution in [3.63, 3.8) is 0 Å². The normalized spacial score (nSPS) is 14.5. The number of nitrogens with zero attached hydrogens (tertiary/aromatic N) is 1. The zero-order valence-electron chi connectivity index (χ0n) is 21.5. The van der Waals surface area contributed by atoms with Gasteiger partial charge >= 0.3 is 0 Å². The summed E-state index contributed by atoms with van der Waals surface area (Å²) in [4.78, 5) is 29.4. The molecule has 1 aliphatic carbocycles. The second-order valence-corrected chi connectivity index (χ2v) is 9.94. The molecule has 0 bridgehead atoms. The maximum atomic E-state index is 14.1. The predicted molar refractivity (Wildman–Crippen MR) is 146 cm³/mol. The largest absolute Gasteiger partial charge is 0.352 e. The Hall–Kier alpha value is -3.40. The number of rotatable bonds is 10. The minimum absolute atomic E-state index is 0.00406. The molecule has 0 aromatic heterocycles. The maximum Gasteiger partial charge on any atom is 0.243 e. The van der Waals surface area contributed by atoms with Gasteiger partial charge in [0.1, 0.15) is 6.04 Å². The quantitative estimate of drug-likeness (QED) is 0.364. The van der Waals surface area contributed by atoms with Gasteiger partial charge in [0.2, 0.25) is 11.8 Å². The molecule has 1 saturated carbocycles. The Morgan fingerprint density at radius 3 is 1.97 bits per heavy atom. The number of carbonyl (C=O) groups is 2. The van der Waals surface area contributed by atoms with Gasteiger partial charge in [0.05, 0.1) is 0 Å². The zero-order valence-corrected chi connectivity index (χ0v) is 21.5. The lowest BCUT2D eigenvalue weighted by atomic mass is 9.88. The Labute approximate surface area is 215 Å². The summed E-state index contributed by atoms with van der Waals surface area (Å²) in [6, 6.07) is 28.3. The summed E-state index contributed by atoms with van der Waals surface area (Å²) in [5.74, 6) is -0.0960. The Kier molecular flexibility index (Phi) is 8.94. The first-order valence-electron chi connectivity index (χ1n) is 13.3. The van der Waals surface area contributed by atoms with Gasteiger partial charge in [-0.25, -0.2) is 0 Å². The van der Waals surface area contributed by atoms with Crippen molar-refractivity contribution in [1.29, 1.82) is 0 Å². The fraction of sp³-hybridized carbons (Fsp3) is 0.375. The van der Waals surface area contributed by atoms with Crippen LogP contribution in [0.2, 0.25) is 0 Å². The van der Waals surface area contributed by atoms with Crippen LogP contribution in [-0.2, 0) is 16.1 Å². The van der Waals surface area contributed by atoms with E-state index < -0.39 is 6.04 Å². The minimum Gasteiger partial charge on any atom is -0.352 e. The number of hydrogen-bond acceptors (Lipinski definition) is 2. The Balaban J connectivity index is 1.64. The van der Waals surface area contributed by atoms with Crippen LogP contribution in [-0.4, -0.2) is 28.8 Å². The van der Waals surface area contributed by atoms with Crippen molar-refractivity contribution in [3.8, 4) is 0 Å². The van der Waals surface area contributed by atoms with Gasteiger partial charge in [-0.1, -0.05) is 105 Å². The van der Waals surface area contributed by atoms with Crippen LogP contribution in [0.15, 0.2) is 84.9 Å². The highest BCUT2D eigenvalue weighted by molar-refractivity contribution is 5.88. The van der Waals surface area contributed by atoms with E-state index in [-0.39, 0.29) is 23.8 Å². The summed E-state index contributed by atoms with van der Waals surface area (Å²) in [7, 11) is 0. The van der Waals surface area contributed by atoms with E-state index in [4.69, 9.17) is 0 Å². The van der Waals surface area contributed by atoms with Crippen molar-refractivity contribution >= 4 is 11.8 Å². The van der Waals surface area contributed by atoms with E-state index >= 15 is 0 Å². The number of benzene rings is 3. The van der Waals surface area contributed by atoms with E-state index in [0.29, 0.717) is 19.4 Å². The molecule has 0 aliphatic heterocycles. The van der Waals surface area contributed by atoms with Crippen molar-refractivity contribution in [3.05, 3.63) is 107 Å². The molecular formula is C32H38N2O2. The summed E-state index contributed by atoms with van der Waals surface area (Å²) in [5, 5.41) is 3.25. The molecule has 0 unspecified atom stereocenters. The van der Waals surface area contributed by atoms with Crippen molar-refractivity contribution in [2.45, 2.75) is 76.9 Å². The van der Waals surface area contributed by atoms with Crippen molar-refractivity contribution in [1.82, 2.24) is 10.2 Å². The molecule has 3 aromatic rings. The third-order valence-corrected chi connectivity index (χ3v) is 7.47. The minimum atomic E-state index is -0.495. The fourth-order valence-corrected chi connectivity index (χ4v) is 5.35. The SMILES string of the molecule is CC[C@H](C(=O)NC1CCCC1)N(Cc1ccccc1C)C(=O)CC(c1ccccc1)c1ccccc1. The lowest BCUT2D eigenvalue weighted by Gasteiger charge is -2.33. The van der Waals surface area contributed by atoms with E-state index in [1.807, 2.05) is 60.4 Å². The molecule has 0 heterocycles. The molecule has 0 saturated heterocycles. The highest BCUT2D eigenvalue weighted by Gasteiger charge is 2.32. The molecule has 1 fully saturated rings. The smallest absolute Gasteiger partial charge is 0.243 e. The van der Waals surface area contributed by atoms with Gasteiger partial charge in [0, 0.05) is 24.9 Å². The second kappa shape index (κ2) is 12.5. The monoisotopic (exact) mass is 482 g/mol. The molecule has 3 aromatic carbocycles. The van der Waals surface area contributed by atoms with E-state index in [9.17, 15) is 9.59 Å². The average molecular weight is 483 g/mol. The molecular weight excluding hydrogens is 444 g/mol. The standard InChI is InChI=1S/C32H38N2O2/c1-3-30(32(36)33-28-20-12-13-21-28)34(23-27-19-11-10-14-24(27)2)31(35)22-29(25-15-6-4-7-16-25)26-17-8-5-9-18-26/h4-11,14-19,28-30H,3,12-13,20-23H2,1-2H3,(H,33,36)/t30-/m1/s1. The van der Waals surface area contributed by atoms with Crippen LogP contribution in [0.25, 0.3) is 0 Å². The lowest BCUT2D eigenvalue weighted by molar-refractivity contribution is -0.141. The Morgan fingerprint density at radius 1 is 0.861 bits per heavy atom. The highest BCUT2D eigenvalue weighted by atomic mass is 16.2. The predicted octanol–water partition coefficient (Wildman–Crippen LogP) is 6.38. The van der Waals surface area contributed by atoms with E-state index in [1.165, 1.54) is 0 Å². The number of nitrogens with one attached hydrogen (secondary N) is 1. The van der Waals surface area contributed by atoms with Gasteiger partial charge in [0.25, 0.3) is 0 Å². The molecule has 0 spiro atoms. The van der Waals surface area contributed by atoms with Crippen LogP contribution in [0.4, 0.5) is 0 Å². The summed E-state index contributed by atoms with van der Waals surface area (Å²) in [6.07, 6.45) is 5.26. The van der Waals surface area contributed by atoms with Gasteiger partial charge in [-0.05, 0) is 48.4 Å². The Morgan fingerprint density at radius 2 is 1.42 bits per heavy atom. The molecule has 4 rings (SSSR count). The molecule has 1 N–H and O–H groups in total. The van der Waals surface area contributed by atoms with Gasteiger partial charge in [-0.2, -0.15) is 0 Å². The fourth-order valence-electron chi connectivity index (χ4n) is 5.35. The second-order valence-electron chi connectivity index (χ2n) is 9.94. The molecule has 0 radical (unpaired) electrons. The third kappa shape index (κ3) is 6.42. The molecule has 1 aliphatic rings. The first kappa shape index (κ1) is 25.7. The number of hydrogen-bond donors (Lipinski definition) is 1. The van der Waals surface area contributed by atoms with Gasteiger partial charge in [-0.3, -0.25) is 9.59 Å². The first-order valence-corrected chi connectivity index (χ1v) is 13.3. The summed E-state index contributed by atoms with van der Waals surface area (Å²) >= 11 is 0. The van der Waals surface area contributed by atoms with E-state index in [0.717, 1.165) is 47.9 Å². The highest BCUT2D eigenvalue weighted by Crippen LogP contribution is 2.30. The number of amides is 2. The zero-order chi connectivity index (χ0) is 25.3. The average Bonchev–Trinajstić information content (AvgIpc) is 3.42. The van der Waals surface area contributed by atoms with Crippen LogP contribution in [0.1, 0.15) is 73.6 Å². The van der Waals surface area contributed by atoms with Gasteiger partial charge in [0.15, 0.2) is 0 Å². The summed E-state index contributed by atoms with van der Waals surface area (Å²) < 4.78 is 0. The molecule has 2 amide bonds. The molecule has 4 nitrogen and oxygen atoms in total. The van der Waals surface area contributed by atoms with Crippen LogP contribution >= 0.6 is 0 Å². The lowest BCUT2D eigenvalue weighted by Crippen LogP contribution is -2.51. The molecule has 1 atom stereocenters. The number of carbonyl (C=O) groups excluding carboxylic acids is 2. The molecule has 36 heavy (non-hydrogen) atoms. The van der Waals surface area contributed by atoms with Gasteiger partial charge < -0.3 is 10.2 Å². The van der Waals surface area contributed by atoms with Crippen LogP contribution < -0.4 is 5.32 Å². The van der Waals surface area contributed by atoms with Crippen LogP contribution in [0.5, 0.6) is 0 Å². The van der Waals surface area contributed by atoms with E-state index in [2.05, 4.69) is 48.6 Å². The Bertz CT molecular complexity index is 1080. The topological polar surface area (TPSA) is 49.4 Å². The van der Waals surface area contributed by atoms with Gasteiger partial charge in [-0.15, -0.1) is 0 Å². The van der Waals surface area contributed by atoms with Crippen molar-refractivity contribution in [2.24, 2.45) is 0 Å². The number of aryl methyl sites for hydroxylation is 1. The van der Waals surface area contributed by atoms with Crippen molar-refractivity contribution < 1.29 is 9.59 Å². The van der Waals surface area contributed by atoms with Crippen LogP contribution in [0, 0.1) is 6.92 Å². The maximum absolute atomic E-state index is 14.1. The summed E-state index contributed by atoms with van der Waals surface area (Å²) in [5.41, 5.74) is 4.42. The van der Waals surface area contributed by atoms with Crippen molar-refractivity contribution in [2.75, 3.05) is 0 Å². The van der Waals surface area contributed by atoms with Crippen LogP contribution in [0.3, 0.4) is 0 Å². The first-order chi connectivity index (χ1) is 17.6.